The Morgan fingerprint density at radius 2 is 2.00 bits per heavy atom. The summed E-state index contributed by atoms with van der Waals surface area (Å²) in [5.74, 6) is 1.82. The van der Waals surface area contributed by atoms with Gasteiger partial charge in [-0.1, -0.05) is 28.4 Å². The molecule has 0 bridgehead atoms. The number of nitrogens with two attached hydrogens (primary N) is 1. The van der Waals surface area contributed by atoms with E-state index in [2.05, 4.69) is 10.1 Å². The summed E-state index contributed by atoms with van der Waals surface area (Å²) in [6, 6.07) is 4.87. The fraction of sp³-hybridized carbons (Fsp3) is 0.333. The summed E-state index contributed by atoms with van der Waals surface area (Å²) in [7, 11) is 0. The Bertz CT molecular complexity index is 541. The van der Waals surface area contributed by atoms with Gasteiger partial charge in [0, 0.05) is 15.6 Å². The largest absolute Gasteiger partial charge is 0.337 e. The van der Waals surface area contributed by atoms with Gasteiger partial charge >= 0.3 is 0 Å². The predicted molar refractivity (Wildman–Crippen MR) is 79.7 cm³/mol. The third-order valence-corrected chi connectivity index (χ3v) is 3.59. The molecule has 0 aliphatic heterocycles. The standard InChI is InChI=1S/C12H13Cl2N3OS/c1-19-3-2-10(15)12-16-11(17-18-12)7-4-8(13)6-9(14)5-7/h4-6,10H,2-3,15H2,1H3/t10-/m0/s1. The molecular formula is C12H13Cl2N3OS. The van der Waals surface area contributed by atoms with Crippen LogP contribution in [-0.2, 0) is 0 Å². The van der Waals surface area contributed by atoms with Crippen molar-refractivity contribution < 1.29 is 4.52 Å². The third-order valence-electron chi connectivity index (χ3n) is 2.51. The Labute approximate surface area is 125 Å². The van der Waals surface area contributed by atoms with Crippen molar-refractivity contribution in [3.63, 3.8) is 0 Å². The molecule has 1 aromatic carbocycles. The second-order valence-electron chi connectivity index (χ2n) is 4.00. The van der Waals surface area contributed by atoms with Gasteiger partial charge in [-0.3, -0.25) is 0 Å². The predicted octanol–water partition coefficient (Wildman–Crippen LogP) is 3.80. The number of nitrogens with zero attached hydrogens (tertiary/aromatic N) is 2. The van der Waals surface area contributed by atoms with Crippen LogP contribution in [0.4, 0.5) is 0 Å². The van der Waals surface area contributed by atoms with E-state index in [0.717, 1.165) is 12.2 Å². The van der Waals surface area contributed by atoms with Crippen molar-refractivity contribution in [1.29, 1.82) is 0 Å². The van der Waals surface area contributed by atoms with Crippen molar-refractivity contribution in [2.45, 2.75) is 12.5 Å². The normalized spacial score (nSPS) is 12.6. The van der Waals surface area contributed by atoms with E-state index in [1.165, 1.54) is 0 Å². The molecule has 19 heavy (non-hydrogen) atoms. The molecule has 0 amide bonds. The maximum atomic E-state index is 5.97. The molecule has 2 aromatic rings. The van der Waals surface area contributed by atoms with Crippen LogP contribution in [0, 0.1) is 0 Å². The Morgan fingerprint density at radius 3 is 2.63 bits per heavy atom. The SMILES string of the molecule is CSCC[C@H](N)c1nc(-c2cc(Cl)cc(Cl)c2)no1. The van der Waals surface area contributed by atoms with Crippen LogP contribution in [0.5, 0.6) is 0 Å². The van der Waals surface area contributed by atoms with Gasteiger partial charge < -0.3 is 10.3 Å². The second-order valence-corrected chi connectivity index (χ2v) is 5.86. The highest BCUT2D eigenvalue weighted by atomic mass is 35.5. The molecule has 0 saturated carbocycles. The number of hydrogen-bond acceptors (Lipinski definition) is 5. The molecule has 0 aliphatic rings. The zero-order valence-electron chi connectivity index (χ0n) is 10.3. The molecule has 102 valence electrons. The van der Waals surface area contributed by atoms with Gasteiger partial charge in [0.2, 0.25) is 11.7 Å². The first-order valence-corrected chi connectivity index (χ1v) is 7.79. The van der Waals surface area contributed by atoms with Crippen molar-refractivity contribution in [3.8, 4) is 11.4 Å². The lowest BCUT2D eigenvalue weighted by atomic mass is 10.2. The molecule has 0 radical (unpaired) electrons. The van der Waals surface area contributed by atoms with Gasteiger partial charge in [-0.05, 0) is 36.6 Å². The summed E-state index contributed by atoms with van der Waals surface area (Å²) in [5, 5.41) is 4.96. The van der Waals surface area contributed by atoms with Gasteiger partial charge in [0.25, 0.3) is 0 Å². The summed E-state index contributed by atoms with van der Waals surface area (Å²) < 4.78 is 5.18. The molecule has 0 unspecified atom stereocenters. The van der Waals surface area contributed by atoms with E-state index in [4.69, 9.17) is 33.5 Å². The van der Waals surface area contributed by atoms with Crippen molar-refractivity contribution in [3.05, 3.63) is 34.1 Å². The fourth-order valence-corrected chi connectivity index (χ4v) is 2.57. The lowest BCUT2D eigenvalue weighted by Crippen LogP contribution is -2.11. The summed E-state index contributed by atoms with van der Waals surface area (Å²) in [4.78, 5) is 4.29. The van der Waals surface area contributed by atoms with Crippen LogP contribution in [0.2, 0.25) is 10.0 Å². The molecule has 1 heterocycles. The van der Waals surface area contributed by atoms with Crippen LogP contribution in [0.3, 0.4) is 0 Å². The Balaban J connectivity index is 2.20. The Kier molecular flexibility index (Phi) is 5.10. The fourth-order valence-electron chi connectivity index (χ4n) is 1.55. The summed E-state index contributed by atoms with van der Waals surface area (Å²) in [6.07, 6.45) is 2.82. The highest BCUT2D eigenvalue weighted by Crippen LogP contribution is 2.26. The minimum atomic E-state index is -0.247. The number of hydrogen-bond donors (Lipinski definition) is 1. The van der Waals surface area contributed by atoms with Crippen molar-refractivity contribution >= 4 is 35.0 Å². The van der Waals surface area contributed by atoms with E-state index < -0.39 is 0 Å². The molecule has 0 fully saturated rings. The molecule has 4 nitrogen and oxygen atoms in total. The summed E-state index contributed by atoms with van der Waals surface area (Å²) in [6.45, 7) is 0. The van der Waals surface area contributed by atoms with E-state index >= 15 is 0 Å². The van der Waals surface area contributed by atoms with E-state index in [-0.39, 0.29) is 6.04 Å². The van der Waals surface area contributed by atoms with Crippen molar-refractivity contribution in [2.75, 3.05) is 12.0 Å². The zero-order chi connectivity index (χ0) is 13.8. The summed E-state index contributed by atoms with van der Waals surface area (Å²) in [5.41, 5.74) is 6.68. The summed E-state index contributed by atoms with van der Waals surface area (Å²) >= 11 is 13.6. The van der Waals surface area contributed by atoms with Crippen LogP contribution in [0.25, 0.3) is 11.4 Å². The molecule has 2 rings (SSSR count). The topological polar surface area (TPSA) is 64.9 Å². The maximum absolute atomic E-state index is 5.97. The van der Waals surface area contributed by atoms with Gasteiger partial charge in [0.1, 0.15) is 0 Å². The average Bonchev–Trinajstić information content (AvgIpc) is 2.84. The maximum Gasteiger partial charge on any atom is 0.243 e. The van der Waals surface area contributed by atoms with Gasteiger partial charge in [-0.25, -0.2) is 0 Å². The molecular weight excluding hydrogens is 305 g/mol. The second kappa shape index (κ2) is 6.61. The first kappa shape index (κ1) is 14.7. The molecule has 2 N–H and O–H groups in total. The van der Waals surface area contributed by atoms with Crippen LogP contribution < -0.4 is 5.73 Å². The minimum absolute atomic E-state index is 0.247. The first-order valence-electron chi connectivity index (χ1n) is 5.64. The molecule has 1 atom stereocenters. The number of aromatic nitrogens is 2. The molecule has 0 spiro atoms. The zero-order valence-corrected chi connectivity index (χ0v) is 12.6. The lowest BCUT2D eigenvalue weighted by molar-refractivity contribution is 0.353. The van der Waals surface area contributed by atoms with Crippen LogP contribution in [0.15, 0.2) is 22.7 Å². The molecule has 1 aromatic heterocycles. The highest BCUT2D eigenvalue weighted by Gasteiger charge is 2.15. The number of benzene rings is 1. The van der Waals surface area contributed by atoms with Crippen LogP contribution in [0.1, 0.15) is 18.4 Å². The van der Waals surface area contributed by atoms with Crippen molar-refractivity contribution in [1.82, 2.24) is 10.1 Å². The quantitative estimate of drug-likeness (QED) is 0.908. The van der Waals surface area contributed by atoms with Crippen LogP contribution >= 0.6 is 35.0 Å². The van der Waals surface area contributed by atoms with Crippen LogP contribution in [-0.4, -0.2) is 22.1 Å². The smallest absolute Gasteiger partial charge is 0.243 e. The number of thioether (sulfide) groups is 1. The van der Waals surface area contributed by atoms with E-state index in [9.17, 15) is 0 Å². The minimum Gasteiger partial charge on any atom is -0.337 e. The van der Waals surface area contributed by atoms with Gasteiger partial charge in [0.15, 0.2) is 0 Å². The van der Waals surface area contributed by atoms with Crippen molar-refractivity contribution in [2.24, 2.45) is 5.73 Å². The molecule has 0 saturated heterocycles. The number of halogens is 2. The lowest BCUT2D eigenvalue weighted by Gasteiger charge is -2.03. The third kappa shape index (κ3) is 3.86. The monoisotopic (exact) mass is 317 g/mol. The van der Waals surface area contributed by atoms with E-state index in [1.807, 2.05) is 6.26 Å². The number of rotatable bonds is 5. The molecule has 7 heteroatoms. The molecule has 0 aliphatic carbocycles. The Morgan fingerprint density at radius 1 is 1.32 bits per heavy atom. The van der Waals surface area contributed by atoms with E-state index in [0.29, 0.717) is 27.3 Å². The Hall–Kier alpha value is -0.750. The van der Waals surface area contributed by atoms with Gasteiger partial charge in [0.05, 0.1) is 6.04 Å². The highest BCUT2D eigenvalue weighted by molar-refractivity contribution is 7.98. The average molecular weight is 318 g/mol. The first-order chi connectivity index (χ1) is 9.10. The van der Waals surface area contributed by atoms with Gasteiger partial charge in [-0.2, -0.15) is 16.7 Å². The van der Waals surface area contributed by atoms with Gasteiger partial charge in [-0.15, -0.1) is 0 Å². The van der Waals surface area contributed by atoms with E-state index in [1.54, 1.807) is 30.0 Å².